The predicted molar refractivity (Wildman–Crippen MR) is 96.6 cm³/mol. The Labute approximate surface area is 156 Å². The number of hydrogen-bond acceptors (Lipinski definition) is 4. The number of nitrogens with one attached hydrogen (secondary N) is 1. The molecule has 1 aromatic carbocycles. The van der Waals surface area contributed by atoms with Crippen molar-refractivity contribution in [1.82, 2.24) is 5.32 Å². The van der Waals surface area contributed by atoms with Crippen molar-refractivity contribution in [1.29, 1.82) is 0 Å². The van der Waals surface area contributed by atoms with Gasteiger partial charge in [0.05, 0.1) is 33.2 Å². The summed E-state index contributed by atoms with van der Waals surface area (Å²) < 4.78 is 5.32. The lowest BCUT2D eigenvalue weighted by Gasteiger charge is -2.30. The molecule has 0 saturated carbocycles. The summed E-state index contributed by atoms with van der Waals surface area (Å²) in [6.45, 7) is 6.79. The van der Waals surface area contributed by atoms with E-state index in [-0.39, 0.29) is 27.3 Å². The minimum Gasteiger partial charge on any atom is -0.478 e. The first-order valence-electron chi connectivity index (χ1n) is 7.71. The lowest BCUT2D eigenvalue weighted by atomic mass is 9.80. The first kappa shape index (κ1) is 19.3. The highest BCUT2D eigenvalue weighted by Gasteiger charge is 2.38. The second-order valence-corrected chi connectivity index (χ2v) is 6.82. The summed E-state index contributed by atoms with van der Waals surface area (Å²) in [5, 5.41) is 13.2. The molecule has 1 heterocycles. The summed E-state index contributed by atoms with van der Waals surface area (Å²) in [5.41, 5.74) is 1.65. The van der Waals surface area contributed by atoms with Crippen molar-refractivity contribution in [3.8, 4) is 0 Å². The third-order valence-corrected chi connectivity index (χ3v) is 4.68. The fourth-order valence-corrected chi connectivity index (χ4v) is 3.30. The largest absolute Gasteiger partial charge is 0.478 e. The number of ether oxygens (including phenoxy) is 1. The van der Waals surface area contributed by atoms with Gasteiger partial charge in [-0.2, -0.15) is 0 Å². The normalized spacial score (nSPS) is 17.6. The molecule has 2 rings (SSSR count). The van der Waals surface area contributed by atoms with Gasteiger partial charge in [0.2, 0.25) is 0 Å². The van der Waals surface area contributed by atoms with Crippen LogP contribution in [0.4, 0.5) is 0 Å². The van der Waals surface area contributed by atoms with Gasteiger partial charge in [0.1, 0.15) is 0 Å². The number of aliphatic carboxylic acids is 1. The minimum absolute atomic E-state index is 0.0328. The molecular weight excluding hydrogens is 365 g/mol. The summed E-state index contributed by atoms with van der Waals surface area (Å²) in [4.78, 5) is 24.6. The Hall–Kier alpha value is -1.98. The van der Waals surface area contributed by atoms with Gasteiger partial charge in [-0.1, -0.05) is 35.3 Å². The lowest BCUT2D eigenvalue weighted by molar-refractivity contribution is -0.143. The first-order valence-corrected chi connectivity index (χ1v) is 8.47. The van der Waals surface area contributed by atoms with Crippen LogP contribution >= 0.6 is 23.2 Å². The molecule has 1 aliphatic rings. The Balaban J connectivity index is 2.71. The van der Waals surface area contributed by atoms with Gasteiger partial charge >= 0.3 is 11.9 Å². The maximum atomic E-state index is 12.7. The van der Waals surface area contributed by atoms with Crippen LogP contribution in [0.2, 0.25) is 10.0 Å². The van der Waals surface area contributed by atoms with E-state index in [1.165, 1.54) is 0 Å². The average Bonchev–Trinajstić information content (AvgIpc) is 2.47. The van der Waals surface area contributed by atoms with E-state index in [1.54, 1.807) is 45.9 Å². The van der Waals surface area contributed by atoms with Crippen molar-refractivity contribution in [3.63, 3.8) is 0 Å². The standard InChI is InChI=1S/C18H19Cl2NO4/c1-8(2)25-18(24)14-10(4)21-9(3)13(17(22)23)15(14)11-6-5-7-12(19)16(11)20/h5-8,15,21H,1-4H3,(H,22,23). The van der Waals surface area contributed by atoms with Crippen molar-refractivity contribution in [3.05, 3.63) is 56.3 Å². The maximum Gasteiger partial charge on any atom is 0.337 e. The molecular formula is C18H19Cl2NO4. The molecule has 0 radical (unpaired) electrons. The third-order valence-electron chi connectivity index (χ3n) is 3.85. The Morgan fingerprint density at radius 3 is 2.32 bits per heavy atom. The monoisotopic (exact) mass is 383 g/mol. The van der Waals surface area contributed by atoms with Crippen LogP contribution in [-0.2, 0) is 14.3 Å². The number of benzene rings is 1. The van der Waals surface area contributed by atoms with Gasteiger partial charge in [-0.05, 0) is 39.3 Å². The van der Waals surface area contributed by atoms with Gasteiger partial charge < -0.3 is 15.2 Å². The molecule has 7 heteroatoms. The Morgan fingerprint density at radius 2 is 1.76 bits per heavy atom. The molecule has 1 atom stereocenters. The van der Waals surface area contributed by atoms with Crippen LogP contribution in [0.3, 0.4) is 0 Å². The van der Waals surface area contributed by atoms with E-state index in [1.807, 2.05) is 0 Å². The van der Waals surface area contributed by atoms with E-state index in [2.05, 4.69) is 5.32 Å². The fraction of sp³-hybridized carbons (Fsp3) is 0.333. The Bertz CT molecular complexity index is 796. The van der Waals surface area contributed by atoms with Crippen LogP contribution in [-0.4, -0.2) is 23.1 Å². The zero-order chi connectivity index (χ0) is 18.9. The molecule has 0 aromatic heterocycles. The van der Waals surface area contributed by atoms with E-state index in [0.717, 1.165) is 0 Å². The van der Waals surface area contributed by atoms with Crippen molar-refractivity contribution < 1.29 is 19.4 Å². The second kappa shape index (κ2) is 7.50. The van der Waals surface area contributed by atoms with Crippen LogP contribution in [0.25, 0.3) is 0 Å². The number of carbonyl (C=O) groups is 2. The number of halogens is 2. The van der Waals surface area contributed by atoms with E-state index < -0.39 is 17.9 Å². The van der Waals surface area contributed by atoms with Crippen LogP contribution in [0.5, 0.6) is 0 Å². The molecule has 0 amide bonds. The molecule has 0 saturated heterocycles. The first-order chi connectivity index (χ1) is 11.6. The number of carboxylic acid groups (broad SMARTS) is 1. The molecule has 1 unspecified atom stereocenters. The number of allylic oxidation sites excluding steroid dienone is 2. The fourth-order valence-electron chi connectivity index (χ4n) is 2.88. The number of carboxylic acids is 1. The van der Waals surface area contributed by atoms with E-state index in [4.69, 9.17) is 27.9 Å². The molecule has 1 aromatic rings. The van der Waals surface area contributed by atoms with E-state index >= 15 is 0 Å². The summed E-state index contributed by atoms with van der Waals surface area (Å²) >= 11 is 12.4. The minimum atomic E-state index is -1.15. The maximum absolute atomic E-state index is 12.7. The van der Waals surface area contributed by atoms with Crippen molar-refractivity contribution in [2.75, 3.05) is 0 Å². The van der Waals surface area contributed by atoms with Gasteiger partial charge in [0, 0.05) is 11.4 Å². The van der Waals surface area contributed by atoms with Gasteiger partial charge in [-0.15, -0.1) is 0 Å². The molecule has 0 fully saturated rings. The lowest BCUT2D eigenvalue weighted by Crippen LogP contribution is -2.32. The number of carbonyl (C=O) groups excluding carboxylic acids is 1. The Kier molecular flexibility index (Phi) is 5.80. The molecule has 1 aliphatic heterocycles. The number of hydrogen-bond donors (Lipinski definition) is 2. The van der Waals surface area contributed by atoms with Gasteiger partial charge in [0.25, 0.3) is 0 Å². The topological polar surface area (TPSA) is 75.6 Å². The summed E-state index contributed by atoms with van der Waals surface area (Å²) in [7, 11) is 0. The number of rotatable bonds is 4. The van der Waals surface area contributed by atoms with Gasteiger partial charge in [-0.25, -0.2) is 9.59 Å². The number of dihydropyridines is 1. The Morgan fingerprint density at radius 1 is 1.16 bits per heavy atom. The quantitative estimate of drug-likeness (QED) is 0.759. The highest BCUT2D eigenvalue weighted by molar-refractivity contribution is 6.42. The van der Waals surface area contributed by atoms with Gasteiger partial charge in [0.15, 0.2) is 0 Å². The molecule has 0 spiro atoms. The smallest absolute Gasteiger partial charge is 0.337 e. The number of esters is 1. The van der Waals surface area contributed by atoms with Crippen LogP contribution in [0.1, 0.15) is 39.2 Å². The SMILES string of the molecule is CC1=C(C(=O)O)C(c2cccc(Cl)c2Cl)C(C(=O)OC(C)C)=C(C)N1. The van der Waals surface area contributed by atoms with Crippen molar-refractivity contribution in [2.24, 2.45) is 0 Å². The van der Waals surface area contributed by atoms with Crippen LogP contribution in [0.15, 0.2) is 40.7 Å². The van der Waals surface area contributed by atoms with Crippen molar-refractivity contribution >= 4 is 35.1 Å². The molecule has 25 heavy (non-hydrogen) atoms. The zero-order valence-corrected chi connectivity index (χ0v) is 15.8. The third kappa shape index (κ3) is 3.83. The van der Waals surface area contributed by atoms with Gasteiger partial charge in [-0.3, -0.25) is 0 Å². The molecule has 0 aliphatic carbocycles. The second-order valence-electron chi connectivity index (χ2n) is 6.04. The van der Waals surface area contributed by atoms with Crippen molar-refractivity contribution in [2.45, 2.75) is 39.7 Å². The van der Waals surface area contributed by atoms with Crippen LogP contribution < -0.4 is 5.32 Å². The van der Waals surface area contributed by atoms with Crippen LogP contribution in [0, 0.1) is 0 Å². The van der Waals surface area contributed by atoms with E-state index in [0.29, 0.717) is 17.0 Å². The zero-order valence-electron chi connectivity index (χ0n) is 14.3. The highest BCUT2D eigenvalue weighted by atomic mass is 35.5. The highest BCUT2D eigenvalue weighted by Crippen LogP contribution is 2.43. The molecule has 0 bridgehead atoms. The summed E-state index contributed by atoms with van der Waals surface area (Å²) in [6, 6.07) is 4.94. The van der Waals surface area contributed by atoms with E-state index in [9.17, 15) is 14.7 Å². The molecule has 5 nitrogen and oxygen atoms in total. The summed E-state index contributed by atoms with van der Waals surface area (Å²) in [6.07, 6.45) is -0.344. The molecule has 134 valence electrons. The summed E-state index contributed by atoms with van der Waals surface area (Å²) in [5.74, 6) is -2.61. The molecule has 2 N–H and O–H groups in total. The average molecular weight is 384 g/mol. The predicted octanol–water partition coefficient (Wildman–Crippen LogP) is 4.26.